The summed E-state index contributed by atoms with van der Waals surface area (Å²) in [6.07, 6.45) is 3.58. The molecule has 1 heterocycles. The average Bonchev–Trinajstić information content (AvgIpc) is 3.24. The van der Waals surface area contributed by atoms with Gasteiger partial charge in [0.2, 0.25) is 0 Å². The van der Waals surface area contributed by atoms with E-state index in [0.29, 0.717) is 24.3 Å². The predicted octanol–water partition coefficient (Wildman–Crippen LogP) is 1.46. The fourth-order valence-corrected chi connectivity index (χ4v) is 1.87. The normalized spacial score (nSPS) is 14.0. The van der Waals surface area contributed by atoms with Crippen molar-refractivity contribution < 1.29 is 9.59 Å². The number of pyridine rings is 1. The molecule has 0 unspecified atom stereocenters. The minimum absolute atomic E-state index is 0.0622. The van der Waals surface area contributed by atoms with Crippen LogP contribution in [0.3, 0.4) is 0 Å². The Hall–Kier alpha value is -1.91. The van der Waals surface area contributed by atoms with Crippen molar-refractivity contribution in [2.24, 2.45) is 0 Å². The molecule has 2 rings (SSSR count). The number of nitrogens with zero attached hydrogens (tertiary/aromatic N) is 2. The minimum atomic E-state index is -0.198. The molecule has 0 aromatic carbocycles. The van der Waals surface area contributed by atoms with Crippen LogP contribution in [0, 0.1) is 0 Å². The number of amides is 2. The van der Waals surface area contributed by atoms with Gasteiger partial charge in [-0.3, -0.25) is 14.6 Å². The maximum atomic E-state index is 12.2. The summed E-state index contributed by atoms with van der Waals surface area (Å²) >= 11 is 0. The van der Waals surface area contributed by atoms with E-state index in [-0.39, 0.29) is 17.9 Å². The first-order valence-electron chi connectivity index (χ1n) is 6.71. The van der Waals surface area contributed by atoms with Gasteiger partial charge in [-0.25, -0.2) is 0 Å². The summed E-state index contributed by atoms with van der Waals surface area (Å²) in [4.78, 5) is 29.8. The number of hydrogen-bond donors (Lipinski definition) is 1. The monoisotopic (exact) mass is 261 g/mol. The van der Waals surface area contributed by atoms with Crippen LogP contribution < -0.4 is 5.32 Å². The van der Waals surface area contributed by atoms with Gasteiger partial charge in [0.05, 0.1) is 0 Å². The van der Waals surface area contributed by atoms with Gasteiger partial charge >= 0.3 is 0 Å². The van der Waals surface area contributed by atoms with E-state index in [9.17, 15) is 9.59 Å². The van der Waals surface area contributed by atoms with E-state index in [1.54, 1.807) is 17.0 Å². The molecule has 2 amide bonds. The molecule has 19 heavy (non-hydrogen) atoms. The Bertz CT molecular complexity index is 479. The SMILES string of the molecule is CCN(CC)C(=O)c1ccnc(C(=O)NC2CC2)c1. The highest BCUT2D eigenvalue weighted by Gasteiger charge is 2.24. The van der Waals surface area contributed by atoms with E-state index in [4.69, 9.17) is 0 Å². The number of aromatic nitrogens is 1. The Labute approximate surface area is 113 Å². The highest BCUT2D eigenvalue weighted by atomic mass is 16.2. The van der Waals surface area contributed by atoms with Gasteiger partial charge in [0.15, 0.2) is 0 Å². The third-order valence-electron chi connectivity index (χ3n) is 3.20. The predicted molar refractivity (Wildman–Crippen MR) is 72.0 cm³/mol. The average molecular weight is 261 g/mol. The molecule has 0 radical (unpaired) electrons. The number of nitrogens with one attached hydrogen (secondary N) is 1. The first-order valence-corrected chi connectivity index (χ1v) is 6.71. The number of rotatable bonds is 5. The smallest absolute Gasteiger partial charge is 0.270 e. The van der Waals surface area contributed by atoms with E-state index in [1.807, 2.05) is 13.8 Å². The minimum Gasteiger partial charge on any atom is -0.348 e. The van der Waals surface area contributed by atoms with Crippen LogP contribution >= 0.6 is 0 Å². The van der Waals surface area contributed by atoms with Gasteiger partial charge < -0.3 is 10.2 Å². The molecular formula is C14H19N3O2. The Kier molecular flexibility index (Phi) is 4.14. The second-order valence-electron chi connectivity index (χ2n) is 4.65. The van der Waals surface area contributed by atoms with Gasteiger partial charge in [-0.1, -0.05) is 0 Å². The zero-order chi connectivity index (χ0) is 13.8. The molecule has 5 nitrogen and oxygen atoms in total. The molecule has 1 fully saturated rings. The molecule has 0 bridgehead atoms. The molecular weight excluding hydrogens is 242 g/mol. The quantitative estimate of drug-likeness (QED) is 0.872. The van der Waals surface area contributed by atoms with Crippen molar-refractivity contribution in [3.63, 3.8) is 0 Å². The maximum Gasteiger partial charge on any atom is 0.270 e. The second kappa shape index (κ2) is 5.82. The molecule has 1 aromatic heterocycles. The van der Waals surface area contributed by atoms with Gasteiger partial charge in [0.25, 0.3) is 11.8 Å². The zero-order valence-electron chi connectivity index (χ0n) is 11.3. The molecule has 102 valence electrons. The number of carbonyl (C=O) groups is 2. The highest BCUT2D eigenvalue weighted by Crippen LogP contribution is 2.19. The summed E-state index contributed by atoms with van der Waals surface area (Å²) in [6.45, 7) is 5.18. The molecule has 1 aromatic rings. The number of carbonyl (C=O) groups excluding carboxylic acids is 2. The number of hydrogen-bond acceptors (Lipinski definition) is 3. The van der Waals surface area contributed by atoms with Crippen LogP contribution in [-0.2, 0) is 0 Å². The molecule has 0 saturated heterocycles. The van der Waals surface area contributed by atoms with Crippen molar-refractivity contribution >= 4 is 11.8 Å². The van der Waals surface area contributed by atoms with Crippen molar-refractivity contribution in [3.8, 4) is 0 Å². The van der Waals surface area contributed by atoms with E-state index in [0.717, 1.165) is 12.8 Å². The van der Waals surface area contributed by atoms with Gasteiger partial charge in [-0.05, 0) is 38.8 Å². The van der Waals surface area contributed by atoms with Crippen molar-refractivity contribution in [2.75, 3.05) is 13.1 Å². The summed E-state index contributed by atoms with van der Waals surface area (Å²) in [7, 11) is 0. The largest absolute Gasteiger partial charge is 0.348 e. The summed E-state index contributed by atoms with van der Waals surface area (Å²) in [5, 5.41) is 2.87. The maximum absolute atomic E-state index is 12.2. The van der Waals surface area contributed by atoms with Gasteiger partial charge in [0, 0.05) is 30.9 Å². The summed E-state index contributed by atoms with van der Waals surface area (Å²) in [6, 6.07) is 3.50. The van der Waals surface area contributed by atoms with Gasteiger partial charge in [0.1, 0.15) is 5.69 Å². The Morgan fingerprint density at radius 3 is 2.63 bits per heavy atom. The fraction of sp³-hybridized carbons (Fsp3) is 0.500. The molecule has 1 aliphatic carbocycles. The standard InChI is InChI=1S/C14H19N3O2/c1-3-17(4-2)14(19)10-7-8-15-12(9-10)13(18)16-11-5-6-11/h7-9,11H,3-6H2,1-2H3,(H,16,18). The second-order valence-corrected chi connectivity index (χ2v) is 4.65. The highest BCUT2D eigenvalue weighted by molar-refractivity contribution is 5.98. The van der Waals surface area contributed by atoms with Crippen LogP contribution in [0.5, 0.6) is 0 Å². The lowest BCUT2D eigenvalue weighted by Gasteiger charge is -2.18. The molecule has 1 N–H and O–H groups in total. The molecule has 5 heteroatoms. The Morgan fingerprint density at radius 2 is 2.05 bits per heavy atom. The Morgan fingerprint density at radius 1 is 1.37 bits per heavy atom. The Balaban J connectivity index is 2.13. The van der Waals surface area contributed by atoms with Crippen LogP contribution in [0.4, 0.5) is 0 Å². The van der Waals surface area contributed by atoms with E-state index >= 15 is 0 Å². The van der Waals surface area contributed by atoms with Crippen LogP contribution in [0.2, 0.25) is 0 Å². The van der Waals surface area contributed by atoms with Crippen molar-refractivity contribution in [3.05, 3.63) is 29.6 Å². The van der Waals surface area contributed by atoms with Crippen molar-refractivity contribution in [2.45, 2.75) is 32.7 Å². The van der Waals surface area contributed by atoms with E-state index in [2.05, 4.69) is 10.3 Å². The topological polar surface area (TPSA) is 62.3 Å². The molecule has 0 aliphatic heterocycles. The van der Waals surface area contributed by atoms with E-state index < -0.39 is 0 Å². The molecule has 1 saturated carbocycles. The van der Waals surface area contributed by atoms with Gasteiger partial charge in [-0.15, -0.1) is 0 Å². The molecule has 1 aliphatic rings. The fourth-order valence-electron chi connectivity index (χ4n) is 1.87. The lowest BCUT2D eigenvalue weighted by molar-refractivity contribution is 0.0773. The van der Waals surface area contributed by atoms with E-state index in [1.165, 1.54) is 6.20 Å². The van der Waals surface area contributed by atoms with Crippen LogP contribution in [0.25, 0.3) is 0 Å². The van der Waals surface area contributed by atoms with Crippen LogP contribution in [-0.4, -0.2) is 40.8 Å². The summed E-state index contributed by atoms with van der Waals surface area (Å²) in [5.74, 6) is -0.260. The molecule has 0 spiro atoms. The van der Waals surface area contributed by atoms with Gasteiger partial charge in [-0.2, -0.15) is 0 Å². The third kappa shape index (κ3) is 3.30. The first-order chi connectivity index (χ1) is 9.15. The van der Waals surface area contributed by atoms with Crippen LogP contribution in [0.1, 0.15) is 47.5 Å². The summed E-state index contributed by atoms with van der Waals surface area (Å²) in [5.41, 5.74) is 0.824. The first kappa shape index (κ1) is 13.5. The third-order valence-corrected chi connectivity index (χ3v) is 3.20. The lowest BCUT2D eigenvalue weighted by Crippen LogP contribution is -2.31. The molecule has 0 atom stereocenters. The van der Waals surface area contributed by atoms with Crippen molar-refractivity contribution in [1.82, 2.24) is 15.2 Å². The summed E-state index contributed by atoms with van der Waals surface area (Å²) < 4.78 is 0. The zero-order valence-corrected chi connectivity index (χ0v) is 11.3. The lowest BCUT2D eigenvalue weighted by atomic mass is 10.2. The van der Waals surface area contributed by atoms with Crippen LogP contribution in [0.15, 0.2) is 18.3 Å². The van der Waals surface area contributed by atoms with Crippen molar-refractivity contribution in [1.29, 1.82) is 0 Å².